The van der Waals surface area contributed by atoms with Gasteiger partial charge in [-0.3, -0.25) is 4.79 Å². The molecule has 0 saturated heterocycles. The first-order chi connectivity index (χ1) is 9.87. The van der Waals surface area contributed by atoms with Gasteiger partial charge in [0, 0.05) is 26.6 Å². The van der Waals surface area contributed by atoms with Crippen molar-refractivity contribution in [2.75, 3.05) is 20.1 Å². The zero-order chi connectivity index (χ0) is 15.9. The van der Waals surface area contributed by atoms with E-state index in [-0.39, 0.29) is 17.3 Å². The van der Waals surface area contributed by atoms with E-state index in [4.69, 9.17) is 0 Å². The quantitative estimate of drug-likeness (QED) is 0.797. The molecule has 1 N–H and O–H groups in total. The fourth-order valence-corrected chi connectivity index (χ4v) is 2.96. The molecule has 0 bridgehead atoms. The van der Waals surface area contributed by atoms with Crippen molar-refractivity contribution in [3.8, 4) is 0 Å². The van der Waals surface area contributed by atoms with Crippen LogP contribution in [-0.2, 0) is 14.8 Å². The number of hydrogen-bond acceptors (Lipinski definition) is 3. The Morgan fingerprint density at radius 2 is 1.86 bits per heavy atom. The van der Waals surface area contributed by atoms with Gasteiger partial charge in [-0.15, -0.1) is 0 Å². The molecule has 0 aromatic heterocycles. The number of hydrogen-bond donors (Lipinski definition) is 1. The standard InChI is InChI=1S/C15H24N2O3S/c1-4-5-6-15(18)16-11-12-17(3)21(19,20)14-9-7-13(2)8-10-14/h7-10H,4-6,11-12H2,1-3H3,(H,16,18). The molecule has 0 fully saturated rings. The van der Waals surface area contributed by atoms with Crippen LogP contribution in [0.5, 0.6) is 0 Å². The highest BCUT2D eigenvalue weighted by Crippen LogP contribution is 2.14. The smallest absolute Gasteiger partial charge is 0.242 e. The minimum absolute atomic E-state index is 0.0296. The summed E-state index contributed by atoms with van der Waals surface area (Å²) in [5.41, 5.74) is 1.01. The largest absolute Gasteiger partial charge is 0.355 e. The molecule has 1 aromatic rings. The highest BCUT2D eigenvalue weighted by molar-refractivity contribution is 7.89. The maximum absolute atomic E-state index is 12.3. The topological polar surface area (TPSA) is 66.5 Å². The maximum atomic E-state index is 12.3. The first kappa shape index (κ1) is 17.7. The number of likely N-dealkylation sites (N-methyl/N-ethyl adjacent to an activating group) is 1. The van der Waals surface area contributed by atoms with Gasteiger partial charge in [0.1, 0.15) is 0 Å². The number of benzene rings is 1. The molecule has 0 aliphatic rings. The minimum atomic E-state index is -3.49. The van der Waals surface area contributed by atoms with Crippen LogP contribution >= 0.6 is 0 Å². The second-order valence-electron chi connectivity index (χ2n) is 5.09. The predicted octanol–water partition coefficient (Wildman–Crippen LogP) is 1.92. The first-order valence-corrected chi connectivity index (χ1v) is 8.61. The Bertz CT molecular complexity index is 553. The van der Waals surface area contributed by atoms with Crippen LogP contribution in [0.4, 0.5) is 0 Å². The minimum Gasteiger partial charge on any atom is -0.355 e. The van der Waals surface area contributed by atoms with Gasteiger partial charge in [0.25, 0.3) is 0 Å². The molecule has 0 spiro atoms. The van der Waals surface area contributed by atoms with Crippen LogP contribution in [0.25, 0.3) is 0 Å². The lowest BCUT2D eigenvalue weighted by atomic mass is 10.2. The number of carbonyl (C=O) groups excluding carboxylic acids is 1. The number of amides is 1. The van der Waals surface area contributed by atoms with Gasteiger partial charge in [0.15, 0.2) is 0 Å². The van der Waals surface area contributed by atoms with Crippen LogP contribution in [0, 0.1) is 6.92 Å². The van der Waals surface area contributed by atoms with Crippen LogP contribution in [0.1, 0.15) is 31.7 Å². The van der Waals surface area contributed by atoms with E-state index >= 15 is 0 Å². The molecule has 5 nitrogen and oxygen atoms in total. The van der Waals surface area contributed by atoms with Crippen LogP contribution in [0.15, 0.2) is 29.2 Å². The molecule has 0 heterocycles. The second kappa shape index (κ2) is 8.14. The molecule has 1 amide bonds. The molecule has 0 unspecified atom stereocenters. The van der Waals surface area contributed by atoms with Gasteiger partial charge >= 0.3 is 0 Å². The van der Waals surface area contributed by atoms with Gasteiger partial charge in [-0.2, -0.15) is 4.31 Å². The molecular formula is C15H24N2O3S. The number of nitrogens with one attached hydrogen (secondary N) is 1. The molecule has 0 saturated carbocycles. The fraction of sp³-hybridized carbons (Fsp3) is 0.533. The summed E-state index contributed by atoms with van der Waals surface area (Å²) in [6.07, 6.45) is 2.31. The third-order valence-electron chi connectivity index (χ3n) is 3.24. The van der Waals surface area contributed by atoms with Crippen LogP contribution in [0.2, 0.25) is 0 Å². The molecular weight excluding hydrogens is 288 g/mol. The van der Waals surface area contributed by atoms with Crippen LogP contribution in [0.3, 0.4) is 0 Å². The Labute approximate surface area is 127 Å². The lowest BCUT2D eigenvalue weighted by Gasteiger charge is -2.17. The van der Waals surface area contributed by atoms with E-state index in [1.54, 1.807) is 24.3 Å². The highest BCUT2D eigenvalue weighted by Gasteiger charge is 2.20. The average Bonchev–Trinajstić information content (AvgIpc) is 2.45. The molecule has 21 heavy (non-hydrogen) atoms. The summed E-state index contributed by atoms with van der Waals surface area (Å²) in [5.74, 6) is -0.0296. The molecule has 1 rings (SSSR count). The summed E-state index contributed by atoms with van der Waals surface area (Å²) in [6, 6.07) is 6.74. The van der Waals surface area contributed by atoms with Crippen molar-refractivity contribution in [1.29, 1.82) is 0 Å². The highest BCUT2D eigenvalue weighted by atomic mass is 32.2. The molecule has 6 heteroatoms. The van der Waals surface area contributed by atoms with Gasteiger partial charge in [-0.25, -0.2) is 8.42 Å². The summed E-state index contributed by atoms with van der Waals surface area (Å²) < 4.78 is 25.9. The third-order valence-corrected chi connectivity index (χ3v) is 5.11. The fourth-order valence-electron chi connectivity index (χ4n) is 1.79. The molecule has 1 aromatic carbocycles. The van der Waals surface area contributed by atoms with Crippen molar-refractivity contribution < 1.29 is 13.2 Å². The van der Waals surface area contributed by atoms with E-state index in [1.807, 2.05) is 13.8 Å². The second-order valence-corrected chi connectivity index (χ2v) is 7.14. The maximum Gasteiger partial charge on any atom is 0.242 e. The van der Waals surface area contributed by atoms with E-state index in [0.29, 0.717) is 13.0 Å². The van der Waals surface area contributed by atoms with Gasteiger partial charge in [-0.1, -0.05) is 31.0 Å². The number of nitrogens with zero attached hydrogens (tertiary/aromatic N) is 1. The molecule has 118 valence electrons. The zero-order valence-corrected chi connectivity index (χ0v) is 13.7. The summed E-state index contributed by atoms with van der Waals surface area (Å²) in [6.45, 7) is 4.51. The Balaban J connectivity index is 2.52. The van der Waals surface area contributed by atoms with Crippen molar-refractivity contribution in [2.24, 2.45) is 0 Å². The monoisotopic (exact) mass is 312 g/mol. The molecule has 0 aliphatic heterocycles. The normalized spacial score (nSPS) is 11.6. The molecule has 0 radical (unpaired) electrons. The van der Waals surface area contributed by atoms with E-state index in [0.717, 1.165) is 18.4 Å². The molecule has 0 atom stereocenters. The SMILES string of the molecule is CCCCC(=O)NCCN(C)S(=O)(=O)c1ccc(C)cc1. The lowest BCUT2D eigenvalue weighted by Crippen LogP contribution is -2.36. The van der Waals surface area contributed by atoms with Crippen molar-refractivity contribution in [1.82, 2.24) is 9.62 Å². The van der Waals surface area contributed by atoms with Crippen molar-refractivity contribution in [3.63, 3.8) is 0 Å². The van der Waals surface area contributed by atoms with Gasteiger partial charge in [-0.05, 0) is 25.5 Å². The summed E-state index contributed by atoms with van der Waals surface area (Å²) >= 11 is 0. The van der Waals surface area contributed by atoms with E-state index in [1.165, 1.54) is 11.4 Å². The van der Waals surface area contributed by atoms with E-state index < -0.39 is 10.0 Å². The average molecular weight is 312 g/mol. The van der Waals surface area contributed by atoms with Crippen LogP contribution in [-0.4, -0.2) is 38.8 Å². The number of carbonyl (C=O) groups is 1. The molecule has 0 aliphatic carbocycles. The third kappa shape index (κ3) is 5.47. The van der Waals surface area contributed by atoms with Crippen molar-refractivity contribution in [2.45, 2.75) is 38.0 Å². The van der Waals surface area contributed by atoms with Crippen molar-refractivity contribution >= 4 is 15.9 Å². The number of unbranched alkanes of at least 4 members (excludes halogenated alkanes) is 1. The Hall–Kier alpha value is -1.40. The zero-order valence-electron chi connectivity index (χ0n) is 12.9. The first-order valence-electron chi connectivity index (χ1n) is 7.17. The van der Waals surface area contributed by atoms with E-state index in [9.17, 15) is 13.2 Å². The van der Waals surface area contributed by atoms with Crippen LogP contribution < -0.4 is 5.32 Å². The Morgan fingerprint density at radius 3 is 2.43 bits per heavy atom. The predicted molar refractivity (Wildman–Crippen MR) is 83.5 cm³/mol. The number of sulfonamides is 1. The van der Waals surface area contributed by atoms with E-state index in [2.05, 4.69) is 5.32 Å². The summed E-state index contributed by atoms with van der Waals surface area (Å²) in [5, 5.41) is 2.74. The summed E-state index contributed by atoms with van der Waals surface area (Å²) in [4.78, 5) is 11.7. The number of rotatable bonds is 8. The Morgan fingerprint density at radius 1 is 1.24 bits per heavy atom. The van der Waals surface area contributed by atoms with Gasteiger partial charge in [0.2, 0.25) is 15.9 Å². The Kier molecular flexibility index (Phi) is 6.84. The number of aryl methyl sites for hydroxylation is 1. The van der Waals surface area contributed by atoms with Gasteiger partial charge < -0.3 is 5.32 Å². The summed E-state index contributed by atoms with van der Waals surface area (Å²) in [7, 11) is -1.97. The lowest BCUT2D eigenvalue weighted by molar-refractivity contribution is -0.121. The van der Waals surface area contributed by atoms with Crippen molar-refractivity contribution in [3.05, 3.63) is 29.8 Å². The van der Waals surface area contributed by atoms with Gasteiger partial charge in [0.05, 0.1) is 4.90 Å².